The summed E-state index contributed by atoms with van der Waals surface area (Å²) in [4.78, 5) is 17.3. The van der Waals surface area contributed by atoms with Gasteiger partial charge in [0.2, 0.25) is 5.82 Å². The van der Waals surface area contributed by atoms with Crippen LogP contribution in [0, 0.1) is 6.92 Å². The van der Waals surface area contributed by atoms with Crippen LogP contribution >= 0.6 is 0 Å². The first-order chi connectivity index (χ1) is 11.3. The molecule has 1 aliphatic rings. The van der Waals surface area contributed by atoms with Crippen LogP contribution in [0.3, 0.4) is 0 Å². The first kappa shape index (κ1) is 16.3. The normalized spacial score (nSPS) is 14.6. The van der Waals surface area contributed by atoms with Gasteiger partial charge in [-0.25, -0.2) is 9.78 Å². The highest BCUT2D eigenvalue weighted by atomic mass is 19.4. The number of fused-ring (bicyclic) bond motifs is 1. The van der Waals surface area contributed by atoms with E-state index < -0.39 is 18.0 Å². The van der Waals surface area contributed by atoms with Gasteiger partial charge in [-0.3, -0.25) is 0 Å². The number of nitrogens with zero attached hydrogens (tertiary/aromatic N) is 4. The second kappa shape index (κ2) is 5.84. The van der Waals surface area contributed by atoms with Crippen LogP contribution in [-0.2, 0) is 25.7 Å². The average molecular weight is 343 g/mol. The minimum atomic E-state index is -4.50. The maximum Gasteiger partial charge on any atom is 0.449 e. The van der Waals surface area contributed by atoms with Gasteiger partial charge in [0.05, 0.1) is 18.4 Å². The molecular formula is C14H16F3N5O2. The number of imidazole rings is 1. The Labute approximate surface area is 135 Å². The number of hydrogen-bond acceptors (Lipinski definition) is 4. The lowest BCUT2D eigenvalue weighted by Crippen LogP contribution is -2.41. The van der Waals surface area contributed by atoms with Crippen LogP contribution in [0.5, 0.6) is 0 Å². The summed E-state index contributed by atoms with van der Waals surface area (Å²) in [5.41, 5.74) is 1.42. The van der Waals surface area contributed by atoms with E-state index in [1.165, 1.54) is 4.90 Å². The number of hydrogen-bond donors (Lipinski definition) is 1. The van der Waals surface area contributed by atoms with Gasteiger partial charge in [0.25, 0.3) is 0 Å². The second-order valence-corrected chi connectivity index (χ2v) is 5.49. The molecule has 7 nitrogen and oxygen atoms in total. The lowest BCUT2D eigenvalue weighted by Gasteiger charge is -2.29. The van der Waals surface area contributed by atoms with Crippen molar-refractivity contribution >= 4 is 11.7 Å². The Bertz CT molecular complexity index is 765. The van der Waals surface area contributed by atoms with Gasteiger partial charge in [-0.15, -0.1) is 0 Å². The number of rotatable bonds is 2. The summed E-state index contributed by atoms with van der Waals surface area (Å²) in [6.45, 7) is 3.83. The number of nitrogens with one attached hydrogen (secondary N) is 1. The fourth-order valence-electron chi connectivity index (χ4n) is 2.69. The first-order valence-electron chi connectivity index (χ1n) is 7.44. The predicted octanol–water partition coefficient (Wildman–Crippen LogP) is 2.81. The van der Waals surface area contributed by atoms with Crippen molar-refractivity contribution < 1.29 is 22.5 Å². The molecule has 3 rings (SSSR count). The van der Waals surface area contributed by atoms with Gasteiger partial charge in [-0.05, 0) is 6.92 Å². The fraction of sp³-hybridized carbons (Fsp3) is 0.500. The Morgan fingerprint density at radius 3 is 2.83 bits per heavy atom. The maximum atomic E-state index is 12.9. The van der Waals surface area contributed by atoms with Gasteiger partial charge in [-0.1, -0.05) is 12.1 Å². The number of carbonyl (C=O) groups is 1. The average Bonchev–Trinajstić information content (AvgIpc) is 3.10. The van der Waals surface area contributed by atoms with Gasteiger partial charge < -0.3 is 19.3 Å². The smallest absolute Gasteiger partial charge is 0.359 e. The molecule has 10 heteroatoms. The summed E-state index contributed by atoms with van der Waals surface area (Å²) in [5.74, 6) is -0.372. The van der Waals surface area contributed by atoms with Crippen molar-refractivity contribution in [3.63, 3.8) is 0 Å². The molecule has 0 saturated carbocycles. The predicted molar refractivity (Wildman–Crippen MR) is 77.3 cm³/mol. The molecule has 24 heavy (non-hydrogen) atoms. The topological polar surface area (TPSA) is 76.2 Å². The van der Waals surface area contributed by atoms with E-state index in [4.69, 9.17) is 4.52 Å². The summed E-state index contributed by atoms with van der Waals surface area (Å²) >= 11 is 0. The van der Waals surface area contributed by atoms with Crippen molar-refractivity contribution in [1.82, 2.24) is 19.6 Å². The molecule has 1 aliphatic heterocycles. The molecule has 0 fully saturated rings. The molecule has 3 heterocycles. The molecule has 1 N–H and O–H groups in total. The van der Waals surface area contributed by atoms with E-state index in [2.05, 4.69) is 15.5 Å². The van der Waals surface area contributed by atoms with E-state index in [0.29, 0.717) is 29.3 Å². The summed E-state index contributed by atoms with van der Waals surface area (Å²) in [6.07, 6.45) is -2.78. The van der Waals surface area contributed by atoms with Crippen molar-refractivity contribution in [2.45, 2.75) is 39.5 Å². The molecule has 0 spiro atoms. The number of aromatic nitrogens is 3. The third-order valence-electron chi connectivity index (χ3n) is 3.91. The van der Waals surface area contributed by atoms with Crippen LogP contribution in [0.25, 0.3) is 0 Å². The molecule has 2 amide bonds. The highest BCUT2D eigenvalue weighted by Gasteiger charge is 2.38. The number of anilines is 1. The van der Waals surface area contributed by atoms with E-state index in [-0.39, 0.29) is 19.6 Å². The number of amides is 2. The van der Waals surface area contributed by atoms with Crippen molar-refractivity contribution in [3.05, 3.63) is 29.2 Å². The maximum absolute atomic E-state index is 12.9. The lowest BCUT2D eigenvalue weighted by atomic mass is 10.2. The molecule has 0 aliphatic carbocycles. The third kappa shape index (κ3) is 2.83. The highest BCUT2D eigenvalue weighted by molar-refractivity contribution is 5.90. The minimum absolute atomic E-state index is 0.0425. The Hall–Kier alpha value is -2.52. The largest absolute Gasteiger partial charge is 0.449 e. The fourth-order valence-corrected chi connectivity index (χ4v) is 2.69. The van der Waals surface area contributed by atoms with Crippen LogP contribution in [0.4, 0.5) is 23.7 Å². The number of halogens is 3. The van der Waals surface area contributed by atoms with Crippen LogP contribution < -0.4 is 5.32 Å². The van der Waals surface area contributed by atoms with E-state index in [1.807, 2.05) is 6.92 Å². The second-order valence-electron chi connectivity index (χ2n) is 5.49. The molecule has 0 radical (unpaired) electrons. The molecule has 2 aromatic rings. The van der Waals surface area contributed by atoms with Gasteiger partial charge in [0, 0.05) is 19.5 Å². The van der Waals surface area contributed by atoms with Crippen LogP contribution in [0.15, 0.2) is 10.7 Å². The minimum Gasteiger partial charge on any atom is -0.359 e. The van der Waals surface area contributed by atoms with Gasteiger partial charge >= 0.3 is 12.2 Å². The number of urea groups is 1. The quantitative estimate of drug-likeness (QED) is 0.910. The zero-order valence-corrected chi connectivity index (χ0v) is 13.1. The van der Waals surface area contributed by atoms with Crippen LogP contribution in [-0.4, -0.2) is 32.2 Å². The summed E-state index contributed by atoms with van der Waals surface area (Å²) in [6, 6.07) is -0.406. The zero-order chi connectivity index (χ0) is 17.5. The van der Waals surface area contributed by atoms with Crippen molar-refractivity contribution in [3.8, 4) is 0 Å². The van der Waals surface area contributed by atoms with E-state index in [1.54, 1.807) is 6.92 Å². The van der Waals surface area contributed by atoms with Gasteiger partial charge in [-0.2, -0.15) is 13.2 Å². The standard InChI is InChI=1S/C14H16F3N5O2/c1-3-10-11(8(2)20-24-10)19-13(23)21-4-5-22-9(7-21)6-18-12(22)14(15,16)17/h6H,3-5,7H2,1-2H3,(H,19,23). The van der Waals surface area contributed by atoms with Gasteiger partial charge in [0.1, 0.15) is 11.4 Å². The molecule has 0 unspecified atom stereocenters. The highest BCUT2D eigenvalue weighted by Crippen LogP contribution is 2.30. The molecule has 0 saturated heterocycles. The van der Waals surface area contributed by atoms with Crippen molar-refractivity contribution in [2.75, 3.05) is 11.9 Å². The Morgan fingerprint density at radius 2 is 2.17 bits per heavy atom. The Kier molecular flexibility index (Phi) is 3.98. The summed E-state index contributed by atoms with van der Waals surface area (Å²) in [7, 11) is 0. The molecule has 0 atom stereocenters. The van der Waals surface area contributed by atoms with Crippen molar-refractivity contribution in [1.29, 1.82) is 0 Å². The number of carbonyl (C=O) groups excluding carboxylic acids is 1. The summed E-state index contributed by atoms with van der Waals surface area (Å²) in [5, 5.41) is 6.53. The Morgan fingerprint density at radius 1 is 1.42 bits per heavy atom. The SMILES string of the molecule is CCc1onc(C)c1NC(=O)N1CCn2c(cnc2C(F)(F)F)C1. The van der Waals surface area contributed by atoms with E-state index >= 15 is 0 Å². The zero-order valence-electron chi connectivity index (χ0n) is 13.1. The van der Waals surface area contributed by atoms with E-state index in [9.17, 15) is 18.0 Å². The monoisotopic (exact) mass is 343 g/mol. The number of alkyl halides is 3. The molecular weight excluding hydrogens is 327 g/mol. The molecule has 2 aromatic heterocycles. The van der Waals surface area contributed by atoms with Gasteiger partial charge in [0.15, 0.2) is 5.76 Å². The third-order valence-corrected chi connectivity index (χ3v) is 3.91. The Balaban J connectivity index is 1.75. The lowest BCUT2D eigenvalue weighted by molar-refractivity contribution is -0.147. The first-order valence-corrected chi connectivity index (χ1v) is 7.44. The van der Waals surface area contributed by atoms with Crippen LogP contribution in [0.1, 0.15) is 29.9 Å². The molecule has 0 bridgehead atoms. The molecule has 130 valence electrons. The van der Waals surface area contributed by atoms with Crippen molar-refractivity contribution in [2.24, 2.45) is 0 Å². The molecule has 0 aromatic carbocycles. The van der Waals surface area contributed by atoms with E-state index in [0.717, 1.165) is 10.8 Å². The van der Waals surface area contributed by atoms with Crippen LogP contribution in [0.2, 0.25) is 0 Å². The number of aryl methyl sites for hydroxylation is 2. The summed E-state index contributed by atoms with van der Waals surface area (Å²) < 4.78 is 44.8.